The van der Waals surface area contributed by atoms with E-state index in [2.05, 4.69) is 4.98 Å². The van der Waals surface area contributed by atoms with E-state index in [-0.39, 0.29) is 5.15 Å². The SMILES string of the molecule is Cc1cc(C)c2oc(=O)c(Cl)nc2c1. The number of fused-ring (bicyclic) bond motifs is 1. The topological polar surface area (TPSA) is 43.1 Å². The second-order valence-corrected chi connectivity index (χ2v) is 3.58. The lowest BCUT2D eigenvalue weighted by Gasteiger charge is -2.01. The lowest BCUT2D eigenvalue weighted by Crippen LogP contribution is -2.02. The maximum absolute atomic E-state index is 11.1. The minimum atomic E-state index is -0.592. The highest BCUT2D eigenvalue weighted by Gasteiger charge is 2.06. The van der Waals surface area contributed by atoms with E-state index in [9.17, 15) is 4.79 Å². The quantitative estimate of drug-likeness (QED) is 0.670. The predicted octanol–water partition coefficient (Wildman–Crippen LogP) is 2.46. The van der Waals surface area contributed by atoms with Gasteiger partial charge in [0.05, 0.1) is 0 Å². The summed E-state index contributed by atoms with van der Waals surface area (Å²) >= 11 is 5.57. The molecule has 0 atom stereocenters. The van der Waals surface area contributed by atoms with E-state index in [1.54, 1.807) is 0 Å². The molecule has 0 amide bonds. The van der Waals surface area contributed by atoms with Crippen LogP contribution in [0.5, 0.6) is 0 Å². The highest BCUT2D eigenvalue weighted by molar-refractivity contribution is 6.29. The van der Waals surface area contributed by atoms with Gasteiger partial charge in [0.1, 0.15) is 5.52 Å². The first kappa shape index (κ1) is 9.21. The molecule has 2 aromatic rings. The number of aromatic nitrogens is 1. The number of benzene rings is 1. The second kappa shape index (κ2) is 3.10. The van der Waals surface area contributed by atoms with E-state index in [0.29, 0.717) is 11.1 Å². The second-order valence-electron chi connectivity index (χ2n) is 3.22. The van der Waals surface area contributed by atoms with E-state index >= 15 is 0 Å². The molecule has 0 radical (unpaired) electrons. The van der Waals surface area contributed by atoms with Crippen molar-refractivity contribution >= 4 is 22.7 Å². The van der Waals surface area contributed by atoms with E-state index in [4.69, 9.17) is 16.0 Å². The van der Waals surface area contributed by atoms with Crippen LogP contribution in [-0.4, -0.2) is 4.98 Å². The van der Waals surface area contributed by atoms with Crippen LogP contribution in [0.4, 0.5) is 0 Å². The smallest absolute Gasteiger partial charge is 0.374 e. The molecule has 1 aromatic heterocycles. The van der Waals surface area contributed by atoms with Crippen LogP contribution in [0, 0.1) is 13.8 Å². The molecule has 0 N–H and O–H groups in total. The lowest BCUT2D eigenvalue weighted by molar-refractivity contribution is 0.553. The van der Waals surface area contributed by atoms with Gasteiger partial charge >= 0.3 is 5.63 Å². The fourth-order valence-electron chi connectivity index (χ4n) is 1.43. The van der Waals surface area contributed by atoms with Crippen LogP contribution >= 0.6 is 11.6 Å². The first-order chi connectivity index (χ1) is 6.58. The molecule has 1 heterocycles. The summed E-state index contributed by atoms with van der Waals surface area (Å²) in [6.45, 7) is 3.82. The minimum Gasteiger partial charge on any atom is -0.419 e. The van der Waals surface area contributed by atoms with Crippen LogP contribution in [0.15, 0.2) is 21.3 Å². The molecule has 0 unspecified atom stereocenters. The lowest BCUT2D eigenvalue weighted by atomic mass is 10.1. The Bertz CT molecular complexity index is 560. The van der Waals surface area contributed by atoms with Gasteiger partial charge in [0.25, 0.3) is 0 Å². The molecular weight excluding hydrogens is 202 g/mol. The fraction of sp³-hybridized carbons (Fsp3) is 0.200. The summed E-state index contributed by atoms with van der Waals surface area (Å²) in [6.07, 6.45) is 0. The number of hydrogen-bond donors (Lipinski definition) is 0. The summed E-state index contributed by atoms with van der Waals surface area (Å²) < 4.78 is 5.03. The van der Waals surface area contributed by atoms with Gasteiger partial charge in [-0.2, -0.15) is 0 Å². The number of halogens is 1. The molecule has 0 aliphatic rings. The Balaban J connectivity index is 2.96. The fourth-order valence-corrected chi connectivity index (χ4v) is 1.56. The molecule has 0 fully saturated rings. The van der Waals surface area contributed by atoms with Crippen molar-refractivity contribution in [2.24, 2.45) is 0 Å². The number of rotatable bonds is 0. The van der Waals surface area contributed by atoms with E-state index in [0.717, 1.165) is 11.1 Å². The van der Waals surface area contributed by atoms with Gasteiger partial charge in [0.2, 0.25) is 5.15 Å². The molecule has 14 heavy (non-hydrogen) atoms. The molecule has 0 saturated heterocycles. The Labute approximate surface area is 85.3 Å². The summed E-state index contributed by atoms with van der Waals surface area (Å²) in [4.78, 5) is 15.1. The Hall–Kier alpha value is -1.35. The largest absolute Gasteiger partial charge is 0.419 e. The standard InChI is InChI=1S/C10H8ClNO2/c1-5-3-6(2)8-7(4-5)12-9(11)10(13)14-8/h3-4H,1-2H3. The molecule has 0 saturated carbocycles. The zero-order valence-corrected chi connectivity index (χ0v) is 8.55. The van der Waals surface area contributed by atoms with Gasteiger partial charge in [-0.25, -0.2) is 9.78 Å². The van der Waals surface area contributed by atoms with Crippen molar-refractivity contribution in [2.45, 2.75) is 13.8 Å². The molecule has 0 aliphatic carbocycles. The van der Waals surface area contributed by atoms with Gasteiger partial charge in [-0.3, -0.25) is 0 Å². The normalized spacial score (nSPS) is 10.8. The van der Waals surface area contributed by atoms with Crippen molar-refractivity contribution in [3.05, 3.63) is 38.8 Å². The van der Waals surface area contributed by atoms with E-state index in [1.165, 1.54) is 0 Å². The summed E-state index contributed by atoms with van der Waals surface area (Å²) in [6, 6.07) is 3.76. The van der Waals surface area contributed by atoms with Crippen molar-refractivity contribution in [2.75, 3.05) is 0 Å². The molecular formula is C10H8ClNO2. The summed E-state index contributed by atoms with van der Waals surface area (Å²) in [5.74, 6) is 0. The first-order valence-corrected chi connectivity index (χ1v) is 4.53. The van der Waals surface area contributed by atoms with Crippen LogP contribution in [0.2, 0.25) is 5.15 Å². The molecule has 1 aromatic carbocycles. The van der Waals surface area contributed by atoms with Gasteiger partial charge in [0.15, 0.2) is 5.58 Å². The maximum atomic E-state index is 11.1. The summed E-state index contributed by atoms with van der Waals surface area (Å²) in [7, 11) is 0. The van der Waals surface area contributed by atoms with Crippen molar-refractivity contribution in [3.63, 3.8) is 0 Å². The van der Waals surface area contributed by atoms with Crippen molar-refractivity contribution in [1.82, 2.24) is 4.98 Å². The first-order valence-electron chi connectivity index (χ1n) is 4.15. The Morgan fingerprint density at radius 1 is 1.36 bits per heavy atom. The van der Waals surface area contributed by atoms with Gasteiger partial charge in [-0.15, -0.1) is 0 Å². The Morgan fingerprint density at radius 3 is 2.79 bits per heavy atom. The Morgan fingerprint density at radius 2 is 2.07 bits per heavy atom. The van der Waals surface area contributed by atoms with Crippen LogP contribution in [0.25, 0.3) is 11.1 Å². The molecule has 4 heteroatoms. The van der Waals surface area contributed by atoms with Crippen molar-refractivity contribution in [1.29, 1.82) is 0 Å². The summed E-state index contributed by atoms with van der Waals surface area (Å²) in [5.41, 5.74) is 2.48. The van der Waals surface area contributed by atoms with E-state index in [1.807, 2.05) is 26.0 Å². The maximum Gasteiger partial charge on any atom is 0.374 e. The monoisotopic (exact) mass is 209 g/mol. The minimum absolute atomic E-state index is 0.123. The number of nitrogens with zero attached hydrogens (tertiary/aromatic N) is 1. The number of aryl methyl sites for hydroxylation is 2. The zero-order chi connectivity index (χ0) is 10.3. The molecule has 3 nitrogen and oxygen atoms in total. The molecule has 0 spiro atoms. The third kappa shape index (κ3) is 1.40. The van der Waals surface area contributed by atoms with Crippen molar-refractivity contribution in [3.8, 4) is 0 Å². The third-order valence-corrected chi connectivity index (χ3v) is 2.22. The van der Waals surface area contributed by atoms with Crippen molar-refractivity contribution < 1.29 is 4.42 Å². The molecule has 0 aliphatic heterocycles. The van der Waals surface area contributed by atoms with Gasteiger partial charge in [-0.1, -0.05) is 17.7 Å². The van der Waals surface area contributed by atoms with Gasteiger partial charge in [-0.05, 0) is 31.0 Å². The zero-order valence-electron chi connectivity index (χ0n) is 7.80. The highest BCUT2D eigenvalue weighted by Crippen LogP contribution is 2.18. The average molecular weight is 210 g/mol. The Kier molecular flexibility index (Phi) is 2.04. The average Bonchev–Trinajstić information content (AvgIpc) is 2.08. The molecule has 2 rings (SSSR count). The van der Waals surface area contributed by atoms with Crippen LogP contribution in [0.3, 0.4) is 0 Å². The van der Waals surface area contributed by atoms with Gasteiger partial charge in [0, 0.05) is 0 Å². The number of hydrogen-bond acceptors (Lipinski definition) is 3. The molecule has 0 bridgehead atoms. The van der Waals surface area contributed by atoms with Crippen LogP contribution < -0.4 is 5.63 Å². The van der Waals surface area contributed by atoms with Crippen LogP contribution in [-0.2, 0) is 0 Å². The van der Waals surface area contributed by atoms with Gasteiger partial charge < -0.3 is 4.42 Å². The third-order valence-electron chi connectivity index (χ3n) is 1.98. The van der Waals surface area contributed by atoms with Crippen LogP contribution in [0.1, 0.15) is 11.1 Å². The highest BCUT2D eigenvalue weighted by atomic mass is 35.5. The van der Waals surface area contributed by atoms with E-state index < -0.39 is 5.63 Å². The molecule has 72 valence electrons. The summed E-state index contributed by atoms with van der Waals surface area (Å²) in [5, 5.41) is -0.123. The predicted molar refractivity (Wildman–Crippen MR) is 54.8 cm³/mol.